The zero-order valence-electron chi connectivity index (χ0n) is 15.3. The van der Waals surface area contributed by atoms with Gasteiger partial charge in [-0.15, -0.1) is 0 Å². The first-order valence-electron chi connectivity index (χ1n) is 9.44. The molecule has 0 aromatic heterocycles. The normalized spacial score (nSPS) is 11.1. The van der Waals surface area contributed by atoms with Crippen LogP contribution < -0.4 is 5.32 Å². The summed E-state index contributed by atoms with van der Waals surface area (Å²) in [5.74, 6) is -0.187. The maximum Gasteiger partial charge on any atom is 0.252 e. The van der Waals surface area contributed by atoms with Crippen molar-refractivity contribution in [2.75, 3.05) is 6.54 Å². The van der Waals surface area contributed by atoms with E-state index in [9.17, 15) is 4.79 Å². The average molecular weight is 367 g/mol. The smallest absolute Gasteiger partial charge is 0.252 e. The van der Waals surface area contributed by atoms with Crippen molar-refractivity contribution in [3.63, 3.8) is 0 Å². The standard InChI is InChI=1S/C20H31ClN2O2/c1-2-3-4-5-6-7-8-9-10-11-14-22-20(24)19-15-18(21)13-12-17(19)16-23-25/h12-13,15-16,25H,2-11,14H2,1H3,(H,22,24). The third kappa shape index (κ3) is 9.49. The molecule has 0 saturated heterocycles. The van der Waals surface area contributed by atoms with Gasteiger partial charge in [-0.25, -0.2) is 0 Å². The van der Waals surface area contributed by atoms with E-state index in [2.05, 4.69) is 17.4 Å². The number of unbranched alkanes of at least 4 members (excludes halogenated alkanes) is 9. The van der Waals surface area contributed by atoms with Crippen LogP contribution in [0, 0.1) is 0 Å². The molecular weight excluding hydrogens is 336 g/mol. The van der Waals surface area contributed by atoms with Crippen LogP contribution in [0.1, 0.15) is 87.1 Å². The molecule has 0 heterocycles. The van der Waals surface area contributed by atoms with Crippen molar-refractivity contribution in [1.82, 2.24) is 5.32 Å². The summed E-state index contributed by atoms with van der Waals surface area (Å²) in [4.78, 5) is 12.2. The largest absolute Gasteiger partial charge is 0.411 e. The number of amides is 1. The monoisotopic (exact) mass is 366 g/mol. The summed E-state index contributed by atoms with van der Waals surface area (Å²) >= 11 is 5.95. The van der Waals surface area contributed by atoms with E-state index in [-0.39, 0.29) is 5.91 Å². The van der Waals surface area contributed by atoms with Crippen molar-refractivity contribution in [3.8, 4) is 0 Å². The molecule has 1 aromatic carbocycles. The predicted molar refractivity (Wildman–Crippen MR) is 105 cm³/mol. The summed E-state index contributed by atoms with van der Waals surface area (Å²) in [6, 6.07) is 4.92. The number of hydrogen-bond donors (Lipinski definition) is 2. The van der Waals surface area contributed by atoms with Crippen LogP contribution in [0.5, 0.6) is 0 Å². The van der Waals surface area contributed by atoms with Gasteiger partial charge >= 0.3 is 0 Å². The van der Waals surface area contributed by atoms with Crippen LogP contribution in [0.2, 0.25) is 5.02 Å². The first-order chi connectivity index (χ1) is 12.2. The zero-order valence-corrected chi connectivity index (χ0v) is 16.0. The minimum atomic E-state index is -0.187. The summed E-state index contributed by atoms with van der Waals surface area (Å²) in [5, 5.41) is 15.1. The molecule has 1 aromatic rings. The highest BCUT2D eigenvalue weighted by Gasteiger charge is 2.10. The van der Waals surface area contributed by atoms with Gasteiger partial charge in [0.2, 0.25) is 0 Å². The van der Waals surface area contributed by atoms with E-state index in [0.717, 1.165) is 12.8 Å². The highest BCUT2D eigenvalue weighted by atomic mass is 35.5. The molecule has 0 aliphatic rings. The number of benzene rings is 1. The molecule has 1 rings (SSSR count). The minimum Gasteiger partial charge on any atom is -0.411 e. The van der Waals surface area contributed by atoms with E-state index in [4.69, 9.17) is 16.8 Å². The van der Waals surface area contributed by atoms with Gasteiger partial charge in [0, 0.05) is 22.7 Å². The van der Waals surface area contributed by atoms with Crippen molar-refractivity contribution < 1.29 is 10.0 Å². The van der Waals surface area contributed by atoms with Gasteiger partial charge in [0.1, 0.15) is 0 Å². The van der Waals surface area contributed by atoms with Gasteiger partial charge in [-0.3, -0.25) is 4.79 Å². The molecule has 4 nitrogen and oxygen atoms in total. The molecule has 0 fully saturated rings. The molecule has 0 aliphatic carbocycles. The highest BCUT2D eigenvalue weighted by Crippen LogP contribution is 2.15. The third-order valence-electron chi connectivity index (χ3n) is 4.27. The van der Waals surface area contributed by atoms with Crippen molar-refractivity contribution >= 4 is 23.7 Å². The molecule has 0 unspecified atom stereocenters. The molecule has 1 amide bonds. The summed E-state index contributed by atoms with van der Waals surface area (Å²) in [7, 11) is 0. The molecular formula is C20H31ClN2O2. The van der Waals surface area contributed by atoms with E-state index >= 15 is 0 Å². The quantitative estimate of drug-likeness (QED) is 0.200. The third-order valence-corrected chi connectivity index (χ3v) is 4.51. The van der Waals surface area contributed by atoms with Crippen LogP contribution in [-0.2, 0) is 0 Å². The number of carbonyl (C=O) groups excluding carboxylic acids is 1. The summed E-state index contributed by atoms with van der Waals surface area (Å²) < 4.78 is 0. The molecule has 140 valence electrons. The van der Waals surface area contributed by atoms with E-state index in [1.807, 2.05) is 0 Å². The number of oxime groups is 1. The van der Waals surface area contributed by atoms with E-state index < -0.39 is 0 Å². The van der Waals surface area contributed by atoms with Crippen LogP contribution in [0.4, 0.5) is 0 Å². The SMILES string of the molecule is CCCCCCCCCCCCNC(=O)c1cc(Cl)ccc1C=NO. The Kier molecular flexibility index (Phi) is 11.8. The first kappa shape index (κ1) is 21.5. The van der Waals surface area contributed by atoms with E-state index in [1.165, 1.54) is 57.6 Å². The summed E-state index contributed by atoms with van der Waals surface area (Å²) in [5.41, 5.74) is 0.977. The Morgan fingerprint density at radius 3 is 2.28 bits per heavy atom. The Morgan fingerprint density at radius 2 is 1.68 bits per heavy atom. The molecule has 2 N–H and O–H groups in total. The second-order valence-electron chi connectivity index (χ2n) is 6.41. The Labute approximate surface area is 156 Å². The number of halogens is 1. The topological polar surface area (TPSA) is 61.7 Å². The van der Waals surface area contributed by atoms with E-state index in [1.54, 1.807) is 18.2 Å². The fourth-order valence-corrected chi connectivity index (χ4v) is 2.98. The average Bonchev–Trinajstić information content (AvgIpc) is 2.61. The molecule has 0 spiro atoms. The maximum atomic E-state index is 12.2. The number of hydrogen-bond acceptors (Lipinski definition) is 3. The van der Waals surface area contributed by atoms with Gasteiger partial charge in [0.25, 0.3) is 5.91 Å². The van der Waals surface area contributed by atoms with Gasteiger partial charge in [0.05, 0.1) is 6.21 Å². The van der Waals surface area contributed by atoms with Gasteiger partial charge in [-0.05, 0) is 18.6 Å². The summed E-state index contributed by atoms with van der Waals surface area (Å²) in [6.45, 7) is 2.89. The number of rotatable bonds is 13. The van der Waals surface area contributed by atoms with Crippen LogP contribution in [-0.4, -0.2) is 23.9 Å². The maximum absolute atomic E-state index is 12.2. The predicted octanol–water partition coefficient (Wildman–Crippen LogP) is 5.80. The van der Waals surface area contributed by atoms with Crippen LogP contribution >= 0.6 is 11.6 Å². The molecule has 0 aliphatic heterocycles. The van der Waals surface area contributed by atoms with Crippen molar-refractivity contribution in [3.05, 3.63) is 34.3 Å². The van der Waals surface area contributed by atoms with Crippen LogP contribution in [0.3, 0.4) is 0 Å². The number of nitrogens with zero attached hydrogens (tertiary/aromatic N) is 1. The Bertz CT molecular complexity index is 532. The van der Waals surface area contributed by atoms with Gasteiger partial charge in [0.15, 0.2) is 0 Å². The van der Waals surface area contributed by atoms with Crippen molar-refractivity contribution in [2.24, 2.45) is 5.16 Å². The Balaban J connectivity index is 2.16. The van der Waals surface area contributed by atoms with Crippen molar-refractivity contribution in [1.29, 1.82) is 0 Å². The molecule has 0 atom stereocenters. The lowest BCUT2D eigenvalue weighted by Gasteiger charge is -2.08. The fourth-order valence-electron chi connectivity index (χ4n) is 2.81. The highest BCUT2D eigenvalue weighted by molar-refractivity contribution is 6.31. The molecule has 0 bridgehead atoms. The van der Waals surface area contributed by atoms with Crippen LogP contribution in [0.25, 0.3) is 0 Å². The Hall–Kier alpha value is -1.55. The first-order valence-corrected chi connectivity index (χ1v) is 9.82. The van der Waals surface area contributed by atoms with Gasteiger partial charge in [-0.1, -0.05) is 87.5 Å². The molecule has 5 heteroatoms. The van der Waals surface area contributed by atoms with Crippen molar-refractivity contribution in [2.45, 2.75) is 71.1 Å². The van der Waals surface area contributed by atoms with Crippen LogP contribution in [0.15, 0.2) is 23.4 Å². The molecule has 25 heavy (non-hydrogen) atoms. The second kappa shape index (κ2) is 13.7. The zero-order chi connectivity index (χ0) is 18.3. The van der Waals surface area contributed by atoms with Gasteiger partial charge in [-0.2, -0.15) is 0 Å². The number of carbonyl (C=O) groups is 1. The number of nitrogens with one attached hydrogen (secondary N) is 1. The minimum absolute atomic E-state index is 0.187. The molecule has 0 radical (unpaired) electrons. The lowest BCUT2D eigenvalue weighted by atomic mass is 10.1. The lowest BCUT2D eigenvalue weighted by Crippen LogP contribution is -2.25. The lowest BCUT2D eigenvalue weighted by molar-refractivity contribution is 0.0953. The Morgan fingerprint density at radius 1 is 1.08 bits per heavy atom. The second-order valence-corrected chi connectivity index (χ2v) is 6.85. The van der Waals surface area contributed by atoms with E-state index in [0.29, 0.717) is 22.7 Å². The fraction of sp³-hybridized carbons (Fsp3) is 0.600. The molecule has 0 saturated carbocycles. The van der Waals surface area contributed by atoms with Gasteiger partial charge < -0.3 is 10.5 Å². The summed E-state index contributed by atoms with van der Waals surface area (Å²) in [6.07, 6.45) is 13.9.